The number of hydrogen-bond acceptors (Lipinski definition) is 5. The normalized spacial score (nSPS) is 12.0. The molecule has 0 aliphatic heterocycles. The highest BCUT2D eigenvalue weighted by atomic mass is 32.2. The summed E-state index contributed by atoms with van der Waals surface area (Å²) in [4.78, 5) is 11.7. The Labute approximate surface area is 153 Å². The van der Waals surface area contributed by atoms with E-state index in [4.69, 9.17) is 9.47 Å². The van der Waals surface area contributed by atoms with Crippen molar-refractivity contribution >= 4 is 26.9 Å². The lowest BCUT2D eigenvalue weighted by Gasteiger charge is -2.19. The third-order valence-corrected chi connectivity index (χ3v) is 4.96. The molecule has 0 aromatic heterocycles. The number of rotatable bonds is 6. The standard InChI is InChI=1S/C18H24N2O5S/c1-18(2,3)25-17(21)19-11-12-20-26(22,23)16-10-9-15(24-4)13-7-5-6-8-14(13)16/h5-10,20H,11-12H2,1-4H3,(H,19,21). The second kappa shape index (κ2) is 7.92. The SMILES string of the molecule is COc1ccc(S(=O)(=O)NCCNC(=O)OC(C)(C)C)c2ccccc12. The van der Waals surface area contributed by atoms with Gasteiger partial charge in [0.25, 0.3) is 0 Å². The molecular formula is C18H24N2O5S. The van der Waals surface area contributed by atoms with Gasteiger partial charge in [-0.3, -0.25) is 0 Å². The van der Waals surface area contributed by atoms with Crippen molar-refractivity contribution in [1.82, 2.24) is 10.0 Å². The summed E-state index contributed by atoms with van der Waals surface area (Å²) >= 11 is 0. The predicted octanol–water partition coefficient (Wildman–Crippen LogP) is 2.65. The lowest BCUT2D eigenvalue weighted by Crippen LogP contribution is -2.37. The van der Waals surface area contributed by atoms with Gasteiger partial charge in [0.05, 0.1) is 12.0 Å². The molecule has 0 fully saturated rings. The van der Waals surface area contributed by atoms with Gasteiger partial charge in [0.15, 0.2) is 0 Å². The van der Waals surface area contributed by atoms with Gasteiger partial charge >= 0.3 is 6.09 Å². The van der Waals surface area contributed by atoms with Gasteiger partial charge < -0.3 is 14.8 Å². The zero-order chi connectivity index (χ0) is 19.4. The van der Waals surface area contributed by atoms with Crippen molar-refractivity contribution in [3.63, 3.8) is 0 Å². The molecule has 0 atom stereocenters. The van der Waals surface area contributed by atoms with Crippen molar-refractivity contribution in [3.8, 4) is 5.75 Å². The average molecular weight is 380 g/mol. The quantitative estimate of drug-likeness (QED) is 0.752. The van der Waals surface area contributed by atoms with Crippen molar-refractivity contribution < 1.29 is 22.7 Å². The van der Waals surface area contributed by atoms with Crippen LogP contribution in [-0.2, 0) is 14.8 Å². The molecule has 0 aliphatic rings. The molecule has 2 aromatic rings. The van der Waals surface area contributed by atoms with Crippen LogP contribution in [-0.4, -0.2) is 40.3 Å². The molecule has 0 spiro atoms. The Kier molecular flexibility index (Phi) is 6.09. The number of benzene rings is 2. The van der Waals surface area contributed by atoms with Crippen LogP contribution in [0.1, 0.15) is 20.8 Å². The Bertz CT molecular complexity index is 888. The molecule has 0 saturated heterocycles. The fourth-order valence-corrected chi connectivity index (χ4v) is 3.64. The molecular weight excluding hydrogens is 356 g/mol. The van der Waals surface area contributed by atoms with Crippen LogP contribution < -0.4 is 14.8 Å². The number of sulfonamides is 1. The Morgan fingerprint density at radius 1 is 1.04 bits per heavy atom. The van der Waals surface area contributed by atoms with Gasteiger partial charge in [-0.25, -0.2) is 17.9 Å². The summed E-state index contributed by atoms with van der Waals surface area (Å²) in [7, 11) is -2.20. The minimum absolute atomic E-state index is 0.0436. The first-order chi connectivity index (χ1) is 12.1. The maximum Gasteiger partial charge on any atom is 0.407 e. The van der Waals surface area contributed by atoms with Crippen molar-refractivity contribution in [2.24, 2.45) is 0 Å². The highest BCUT2D eigenvalue weighted by Crippen LogP contribution is 2.30. The zero-order valence-electron chi connectivity index (χ0n) is 15.3. The minimum Gasteiger partial charge on any atom is -0.496 e. The van der Waals surface area contributed by atoms with E-state index in [-0.39, 0.29) is 18.0 Å². The summed E-state index contributed by atoms with van der Waals surface area (Å²) in [6.07, 6.45) is -0.591. The summed E-state index contributed by atoms with van der Waals surface area (Å²) in [5, 5.41) is 3.79. The first-order valence-corrected chi connectivity index (χ1v) is 9.64. The smallest absolute Gasteiger partial charge is 0.407 e. The summed E-state index contributed by atoms with van der Waals surface area (Å²) in [5.74, 6) is 0.603. The second-order valence-electron chi connectivity index (χ2n) is 6.64. The lowest BCUT2D eigenvalue weighted by molar-refractivity contribution is 0.0529. The molecule has 0 saturated carbocycles. The highest BCUT2D eigenvalue weighted by Gasteiger charge is 2.19. The number of nitrogens with one attached hydrogen (secondary N) is 2. The number of carbonyl (C=O) groups is 1. The molecule has 0 aliphatic carbocycles. The van der Waals surface area contributed by atoms with Crippen LogP contribution in [0.4, 0.5) is 4.79 Å². The molecule has 2 N–H and O–H groups in total. The molecule has 0 bridgehead atoms. The maximum atomic E-state index is 12.6. The fourth-order valence-electron chi connectivity index (χ4n) is 2.40. The van der Waals surface area contributed by atoms with Crippen molar-refractivity contribution in [3.05, 3.63) is 36.4 Å². The lowest BCUT2D eigenvalue weighted by atomic mass is 10.1. The summed E-state index contributed by atoms with van der Waals surface area (Å²) in [6.45, 7) is 5.42. The van der Waals surface area contributed by atoms with Gasteiger partial charge in [0, 0.05) is 23.9 Å². The molecule has 142 valence electrons. The minimum atomic E-state index is -3.74. The number of carbonyl (C=O) groups excluding carboxylic acids is 1. The van der Waals surface area contributed by atoms with Crippen molar-refractivity contribution in [2.45, 2.75) is 31.3 Å². The second-order valence-corrected chi connectivity index (χ2v) is 8.37. The van der Waals surface area contributed by atoms with Gasteiger partial charge in [-0.1, -0.05) is 24.3 Å². The van der Waals surface area contributed by atoms with E-state index in [0.29, 0.717) is 16.5 Å². The highest BCUT2D eigenvalue weighted by molar-refractivity contribution is 7.89. The molecule has 0 radical (unpaired) electrons. The van der Waals surface area contributed by atoms with Crippen LogP contribution in [0.25, 0.3) is 10.8 Å². The molecule has 2 rings (SSSR count). The van der Waals surface area contributed by atoms with E-state index in [9.17, 15) is 13.2 Å². The zero-order valence-corrected chi connectivity index (χ0v) is 16.1. The molecule has 2 aromatic carbocycles. The van der Waals surface area contributed by atoms with Gasteiger partial charge in [0.2, 0.25) is 10.0 Å². The fraction of sp³-hybridized carbons (Fsp3) is 0.389. The molecule has 26 heavy (non-hydrogen) atoms. The van der Waals surface area contributed by atoms with Gasteiger partial charge in [-0.2, -0.15) is 0 Å². The van der Waals surface area contributed by atoms with E-state index < -0.39 is 21.7 Å². The molecule has 0 heterocycles. The monoisotopic (exact) mass is 380 g/mol. The van der Waals surface area contributed by atoms with E-state index in [0.717, 1.165) is 0 Å². The van der Waals surface area contributed by atoms with Gasteiger partial charge in [-0.15, -0.1) is 0 Å². The van der Waals surface area contributed by atoms with Gasteiger partial charge in [0.1, 0.15) is 11.4 Å². The summed E-state index contributed by atoms with van der Waals surface area (Å²) in [6, 6.07) is 10.2. The van der Waals surface area contributed by atoms with E-state index in [2.05, 4.69) is 10.0 Å². The number of alkyl carbamates (subject to hydrolysis) is 1. The molecule has 8 heteroatoms. The van der Waals surface area contributed by atoms with Crippen LogP contribution in [0.5, 0.6) is 5.75 Å². The van der Waals surface area contributed by atoms with E-state index >= 15 is 0 Å². The van der Waals surface area contributed by atoms with Crippen molar-refractivity contribution in [2.75, 3.05) is 20.2 Å². The molecule has 0 unspecified atom stereocenters. The number of methoxy groups -OCH3 is 1. The average Bonchev–Trinajstić information content (AvgIpc) is 2.56. The molecule has 7 nitrogen and oxygen atoms in total. The van der Waals surface area contributed by atoms with E-state index in [1.807, 2.05) is 6.07 Å². The van der Waals surface area contributed by atoms with Crippen molar-refractivity contribution in [1.29, 1.82) is 0 Å². The number of hydrogen-bond donors (Lipinski definition) is 2. The van der Waals surface area contributed by atoms with Crippen LogP contribution >= 0.6 is 0 Å². The largest absolute Gasteiger partial charge is 0.496 e. The third-order valence-electron chi connectivity index (χ3n) is 3.44. The van der Waals surface area contributed by atoms with E-state index in [1.165, 1.54) is 13.2 Å². The number of amides is 1. The maximum absolute atomic E-state index is 12.6. The third kappa shape index (κ3) is 5.09. The summed E-state index contributed by atoms with van der Waals surface area (Å²) < 4.78 is 38.1. The van der Waals surface area contributed by atoms with Crippen LogP contribution in [0.15, 0.2) is 41.3 Å². The first kappa shape index (κ1) is 20.0. The van der Waals surface area contributed by atoms with E-state index in [1.54, 1.807) is 45.0 Å². The Morgan fingerprint density at radius 2 is 1.69 bits per heavy atom. The Morgan fingerprint density at radius 3 is 2.31 bits per heavy atom. The van der Waals surface area contributed by atoms with Crippen LogP contribution in [0.3, 0.4) is 0 Å². The van der Waals surface area contributed by atoms with Gasteiger partial charge in [-0.05, 0) is 32.9 Å². The van der Waals surface area contributed by atoms with Crippen LogP contribution in [0, 0.1) is 0 Å². The Balaban J connectivity index is 2.07. The number of fused-ring (bicyclic) bond motifs is 1. The first-order valence-electron chi connectivity index (χ1n) is 8.16. The summed E-state index contributed by atoms with van der Waals surface area (Å²) in [5.41, 5.74) is -0.606. The van der Waals surface area contributed by atoms with Crippen LogP contribution in [0.2, 0.25) is 0 Å². The topological polar surface area (TPSA) is 93.7 Å². The number of ether oxygens (including phenoxy) is 2. The Hall–Kier alpha value is -2.32. The molecule has 1 amide bonds. The predicted molar refractivity (Wildman–Crippen MR) is 99.9 cm³/mol.